The fourth-order valence-corrected chi connectivity index (χ4v) is 1.39. The fourth-order valence-electron chi connectivity index (χ4n) is 1.39. The van der Waals surface area contributed by atoms with Gasteiger partial charge in [-0.1, -0.05) is 0 Å². The molecule has 20 heavy (non-hydrogen) atoms. The number of carbonyl (C=O) groups is 1. The Morgan fingerprint density at radius 2 is 1.65 bits per heavy atom. The number of anilines is 1. The molecule has 9 heteroatoms. The third-order valence-corrected chi connectivity index (χ3v) is 2.25. The van der Waals surface area contributed by atoms with Gasteiger partial charge in [0.1, 0.15) is 5.75 Å². The van der Waals surface area contributed by atoms with Crippen LogP contribution in [0.15, 0.2) is 18.2 Å². The van der Waals surface area contributed by atoms with Gasteiger partial charge in [0.25, 0.3) is 6.10 Å². The van der Waals surface area contributed by atoms with E-state index in [4.69, 9.17) is 5.73 Å². The first kappa shape index (κ1) is 16.1. The van der Waals surface area contributed by atoms with E-state index in [1.165, 1.54) is 0 Å². The molecule has 0 atom stereocenters. The van der Waals surface area contributed by atoms with E-state index in [1.807, 2.05) is 0 Å². The van der Waals surface area contributed by atoms with Crippen molar-refractivity contribution < 1.29 is 35.9 Å². The molecule has 0 aliphatic heterocycles. The van der Waals surface area contributed by atoms with Gasteiger partial charge in [0.05, 0.1) is 0 Å². The van der Waals surface area contributed by atoms with Gasteiger partial charge in [-0.15, -0.1) is 0 Å². The highest BCUT2D eigenvalue weighted by Gasteiger charge is 2.59. The molecule has 0 fully saturated rings. The number of carbonyl (C=O) groups excluding carboxylic acids is 1. The molecule has 0 saturated heterocycles. The second-order valence-electron chi connectivity index (χ2n) is 3.89. The number of alkyl halides is 6. The maximum absolute atomic E-state index is 12.3. The van der Waals surface area contributed by atoms with Crippen LogP contribution in [0.2, 0.25) is 0 Å². The highest BCUT2D eigenvalue weighted by Crippen LogP contribution is 2.37. The summed E-state index contributed by atoms with van der Waals surface area (Å²) in [6, 6.07) is 2.55. The minimum Gasteiger partial charge on any atom is -0.471 e. The van der Waals surface area contributed by atoms with E-state index in [-0.39, 0.29) is 11.3 Å². The van der Waals surface area contributed by atoms with Gasteiger partial charge in [-0.25, -0.2) is 0 Å². The molecule has 2 N–H and O–H groups in total. The highest BCUT2D eigenvalue weighted by molar-refractivity contribution is 5.99. The Balaban J connectivity index is 3.08. The SMILES string of the molecule is CC(=O)c1ccc(OC(C(F)(F)F)C(F)(F)F)cc1N. The monoisotopic (exact) mass is 301 g/mol. The lowest BCUT2D eigenvalue weighted by molar-refractivity contribution is -0.299. The number of hydrogen-bond acceptors (Lipinski definition) is 3. The zero-order valence-corrected chi connectivity index (χ0v) is 9.97. The topological polar surface area (TPSA) is 52.3 Å². The Kier molecular flexibility index (Phi) is 4.21. The van der Waals surface area contributed by atoms with Crippen LogP contribution in [0.1, 0.15) is 17.3 Å². The summed E-state index contributed by atoms with van der Waals surface area (Å²) in [7, 11) is 0. The summed E-state index contributed by atoms with van der Waals surface area (Å²) in [6.07, 6.45) is -15.2. The highest BCUT2D eigenvalue weighted by atomic mass is 19.4. The number of hydrogen-bond donors (Lipinski definition) is 1. The molecule has 0 heterocycles. The molecule has 0 saturated carbocycles. The van der Waals surface area contributed by atoms with Crippen LogP contribution < -0.4 is 10.5 Å². The summed E-state index contributed by atoms with van der Waals surface area (Å²) in [4.78, 5) is 11.0. The molecule has 1 aromatic carbocycles. The Bertz CT molecular complexity index is 495. The Hall–Kier alpha value is -1.93. The zero-order valence-electron chi connectivity index (χ0n) is 9.97. The minimum atomic E-state index is -5.62. The molecule has 0 aliphatic carbocycles. The van der Waals surface area contributed by atoms with E-state index < -0.39 is 30.0 Å². The summed E-state index contributed by atoms with van der Waals surface area (Å²) in [5, 5.41) is 0. The maximum atomic E-state index is 12.3. The number of benzene rings is 1. The predicted molar refractivity (Wildman–Crippen MR) is 57.4 cm³/mol. The number of ether oxygens (including phenoxy) is 1. The van der Waals surface area contributed by atoms with Crippen LogP contribution in [0.3, 0.4) is 0 Å². The van der Waals surface area contributed by atoms with Crippen LogP contribution in [0.25, 0.3) is 0 Å². The quantitative estimate of drug-likeness (QED) is 0.529. The van der Waals surface area contributed by atoms with Crippen molar-refractivity contribution in [2.45, 2.75) is 25.4 Å². The molecule has 0 bridgehead atoms. The Morgan fingerprint density at radius 1 is 1.15 bits per heavy atom. The standard InChI is InChI=1S/C11H9F6NO2/c1-5(19)7-3-2-6(4-8(7)18)20-9(10(12,13)14)11(15,16)17/h2-4,9H,18H2,1H3. The van der Waals surface area contributed by atoms with E-state index in [9.17, 15) is 31.1 Å². The first-order valence-electron chi connectivity index (χ1n) is 5.13. The Morgan fingerprint density at radius 3 is 2.00 bits per heavy atom. The minimum absolute atomic E-state index is 0.0204. The molecule has 0 spiro atoms. The summed E-state index contributed by atoms with van der Waals surface area (Å²) < 4.78 is 77.6. The molecule has 0 aromatic heterocycles. The number of halogens is 6. The van der Waals surface area contributed by atoms with Crippen molar-refractivity contribution >= 4 is 11.5 Å². The van der Waals surface area contributed by atoms with Crippen molar-refractivity contribution in [3.63, 3.8) is 0 Å². The van der Waals surface area contributed by atoms with Crippen LogP contribution in [-0.4, -0.2) is 24.2 Å². The van der Waals surface area contributed by atoms with Gasteiger partial charge in [0, 0.05) is 17.3 Å². The number of Topliss-reactive ketones (excluding diaryl/α,β-unsaturated/α-hetero) is 1. The first-order chi connectivity index (χ1) is 8.93. The van der Waals surface area contributed by atoms with Gasteiger partial charge >= 0.3 is 12.4 Å². The van der Waals surface area contributed by atoms with Gasteiger partial charge < -0.3 is 10.5 Å². The third-order valence-electron chi connectivity index (χ3n) is 2.25. The average Bonchev–Trinajstić information content (AvgIpc) is 2.22. The maximum Gasteiger partial charge on any atom is 0.434 e. The molecule has 0 aliphatic rings. The van der Waals surface area contributed by atoms with Gasteiger partial charge in [-0.05, 0) is 19.1 Å². The van der Waals surface area contributed by atoms with E-state index >= 15 is 0 Å². The number of nitrogen functional groups attached to an aromatic ring is 1. The van der Waals surface area contributed by atoms with Gasteiger partial charge in [0.2, 0.25) is 0 Å². The lowest BCUT2D eigenvalue weighted by atomic mass is 10.1. The number of rotatable bonds is 3. The van der Waals surface area contributed by atoms with Crippen molar-refractivity contribution in [3.8, 4) is 5.75 Å². The average molecular weight is 301 g/mol. The molecule has 112 valence electrons. The van der Waals surface area contributed by atoms with E-state index in [2.05, 4.69) is 4.74 Å². The second kappa shape index (κ2) is 5.22. The Labute approximate surface area is 109 Å². The first-order valence-corrected chi connectivity index (χ1v) is 5.13. The second-order valence-corrected chi connectivity index (χ2v) is 3.89. The van der Waals surface area contributed by atoms with Crippen molar-refractivity contribution in [1.29, 1.82) is 0 Å². The molecule has 0 radical (unpaired) electrons. The number of ketones is 1. The van der Waals surface area contributed by atoms with Crippen molar-refractivity contribution in [3.05, 3.63) is 23.8 Å². The summed E-state index contributed by atoms with van der Waals surface area (Å²) in [5.74, 6) is -1.20. The normalized spacial score (nSPS) is 12.6. The van der Waals surface area contributed by atoms with E-state index in [1.54, 1.807) is 0 Å². The van der Waals surface area contributed by atoms with Crippen molar-refractivity contribution in [2.75, 3.05) is 5.73 Å². The summed E-state index contributed by atoms with van der Waals surface area (Å²) in [6.45, 7) is 1.15. The smallest absolute Gasteiger partial charge is 0.434 e. The van der Waals surface area contributed by atoms with Crippen LogP contribution in [-0.2, 0) is 0 Å². The lowest BCUT2D eigenvalue weighted by Crippen LogP contribution is -2.46. The van der Waals surface area contributed by atoms with Gasteiger partial charge in [0.15, 0.2) is 5.78 Å². The van der Waals surface area contributed by atoms with Crippen LogP contribution in [0, 0.1) is 0 Å². The molecule has 0 unspecified atom stereocenters. The summed E-state index contributed by atoms with van der Waals surface area (Å²) in [5.41, 5.74) is 5.07. The van der Waals surface area contributed by atoms with Crippen molar-refractivity contribution in [1.82, 2.24) is 0 Å². The predicted octanol–water partition coefficient (Wildman–Crippen LogP) is 3.34. The fraction of sp³-hybridized carbons (Fsp3) is 0.364. The zero-order chi connectivity index (χ0) is 15.7. The molecular formula is C11H9F6NO2. The molecular weight excluding hydrogens is 292 g/mol. The van der Waals surface area contributed by atoms with Gasteiger partial charge in [-0.2, -0.15) is 26.3 Å². The molecule has 1 aromatic rings. The van der Waals surface area contributed by atoms with E-state index in [0.29, 0.717) is 0 Å². The largest absolute Gasteiger partial charge is 0.471 e. The molecule has 0 amide bonds. The molecule has 3 nitrogen and oxygen atoms in total. The van der Waals surface area contributed by atoms with Gasteiger partial charge in [-0.3, -0.25) is 4.79 Å². The van der Waals surface area contributed by atoms with Crippen LogP contribution in [0.5, 0.6) is 5.75 Å². The van der Waals surface area contributed by atoms with E-state index in [0.717, 1.165) is 25.1 Å². The van der Waals surface area contributed by atoms with Crippen molar-refractivity contribution in [2.24, 2.45) is 0 Å². The molecule has 1 rings (SSSR count). The van der Waals surface area contributed by atoms with Crippen LogP contribution >= 0.6 is 0 Å². The summed E-state index contributed by atoms with van der Waals surface area (Å²) >= 11 is 0. The number of nitrogens with two attached hydrogens (primary N) is 1. The lowest BCUT2D eigenvalue weighted by Gasteiger charge is -2.24. The third kappa shape index (κ3) is 3.78. The van der Waals surface area contributed by atoms with Crippen LogP contribution in [0.4, 0.5) is 32.0 Å².